The van der Waals surface area contributed by atoms with E-state index in [0.717, 1.165) is 5.69 Å². The maximum Gasteiger partial charge on any atom is 0.270 e. The average molecular weight is 386 g/mol. The Morgan fingerprint density at radius 3 is 2.93 bits per heavy atom. The molecule has 27 heavy (non-hydrogen) atoms. The third kappa shape index (κ3) is 5.08. The Balaban J connectivity index is 1.78. The van der Waals surface area contributed by atoms with Crippen molar-refractivity contribution < 1.29 is 14.1 Å². The quantitative estimate of drug-likeness (QED) is 0.366. The monoisotopic (exact) mass is 386 g/mol. The molecule has 3 aromatic rings. The summed E-state index contributed by atoms with van der Waals surface area (Å²) in [7, 11) is 0. The summed E-state index contributed by atoms with van der Waals surface area (Å²) in [5.41, 5.74) is 4.62. The molecule has 2 aromatic carbocycles. The lowest BCUT2D eigenvalue weighted by Gasteiger charge is -2.09. The average Bonchev–Trinajstić information content (AvgIpc) is 3.05. The van der Waals surface area contributed by atoms with Gasteiger partial charge in [-0.2, -0.15) is 5.10 Å². The number of hydrogen-bond acceptors (Lipinski definition) is 7. The summed E-state index contributed by atoms with van der Waals surface area (Å²) in [5.74, 6) is 0.0373. The summed E-state index contributed by atoms with van der Waals surface area (Å²) in [4.78, 5) is 14.8. The first-order valence-electron chi connectivity index (χ1n) is 7.88. The van der Waals surface area contributed by atoms with Gasteiger partial charge in [-0.15, -0.1) is 11.3 Å². The number of nitro benzene ring substituents is 1. The van der Waals surface area contributed by atoms with Crippen LogP contribution in [0.2, 0.25) is 0 Å². The van der Waals surface area contributed by atoms with Crippen LogP contribution in [0.25, 0.3) is 0 Å². The number of thiazole rings is 1. The minimum Gasteiger partial charge on any atom is -0.488 e. The van der Waals surface area contributed by atoms with Gasteiger partial charge in [-0.3, -0.25) is 15.5 Å². The molecular formula is C18H15FN4O3S. The Bertz CT molecular complexity index is 990. The molecule has 0 spiro atoms. The van der Waals surface area contributed by atoms with Crippen molar-refractivity contribution in [3.8, 4) is 5.75 Å². The lowest BCUT2D eigenvalue weighted by molar-refractivity contribution is -0.384. The highest BCUT2D eigenvalue weighted by atomic mass is 32.1. The van der Waals surface area contributed by atoms with Crippen LogP contribution in [0.5, 0.6) is 5.75 Å². The molecule has 0 saturated heterocycles. The van der Waals surface area contributed by atoms with Gasteiger partial charge in [0.05, 0.1) is 16.8 Å². The highest BCUT2D eigenvalue weighted by Gasteiger charge is 2.11. The molecule has 1 aromatic heterocycles. The number of hydrazone groups is 1. The number of anilines is 1. The van der Waals surface area contributed by atoms with Crippen LogP contribution in [-0.4, -0.2) is 16.1 Å². The Kier molecular flexibility index (Phi) is 5.72. The molecule has 138 valence electrons. The van der Waals surface area contributed by atoms with Crippen LogP contribution in [-0.2, 0) is 6.61 Å². The molecule has 0 aliphatic rings. The summed E-state index contributed by atoms with van der Waals surface area (Å²) in [6.45, 7) is 1.99. The standard InChI is InChI=1S/C18H15FN4O3S/c1-12-11-27-18(21-12)22-20-9-14-8-16(23(24)25)5-6-17(14)26-10-13-3-2-4-15(19)7-13/h2-9,11H,10H2,1H3,(H,21,22). The molecule has 0 unspecified atom stereocenters. The summed E-state index contributed by atoms with van der Waals surface area (Å²) in [6, 6.07) is 10.2. The SMILES string of the molecule is Cc1csc(NN=Cc2cc([N+](=O)[O-])ccc2OCc2cccc(F)c2)n1. The zero-order valence-electron chi connectivity index (χ0n) is 14.3. The van der Waals surface area contributed by atoms with Gasteiger partial charge in [-0.25, -0.2) is 9.37 Å². The Morgan fingerprint density at radius 1 is 1.37 bits per heavy atom. The molecule has 1 heterocycles. The first kappa shape index (κ1) is 18.5. The molecule has 3 rings (SSSR count). The van der Waals surface area contributed by atoms with Crippen LogP contribution < -0.4 is 10.2 Å². The van der Waals surface area contributed by atoms with Crippen molar-refractivity contribution in [3.63, 3.8) is 0 Å². The highest BCUT2D eigenvalue weighted by molar-refractivity contribution is 7.13. The molecule has 0 fully saturated rings. The fourth-order valence-electron chi connectivity index (χ4n) is 2.23. The third-order valence-electron chi connectivity index (χ3n) is 3.47. The minimum atomic E-state index is -0.495. The molecule has 0 aliphatic carbocycles. The number of nitrogens with one attached hydrogen (secondary N) is 1. The van der Waals surface area contributed by atoms with Crippen molar-refractivity contribution in [2.45, 2.75) is 13.5 Å². The molecular weight excluding hydrogens is 371 g/mol. The largest absolute Gasteiger partial charge is 0.488 e. The van der Waals surface area contributed by atoms with E-state index in [1.165, 1.54) is 47.9 Å². The first-order chi connectivity index (χ1) is 13.0. The molecule has 0 radical (unpaired) electrons. The van der Waals surface area contributed by atoms with Crippen molar-refractivity contribution in [1.29, 1.82) is 0 Å². The van der Waals surface area contributed by atoms with Gasteiger partial charge in [-0.1, -0.05) is 12.1 Å². The van der Waals surface area contributed by atoms with E-state index in [1.807, 2.05) is 12.3 Å². The molecule has 0 bridgehead atoms. The van der Waals surface area contributed by atoms with Crippen molar-refractivity contribution in [2.24, 2.45) is 5.10 Å². The summed E-state index contributed by atoms with van der Waals surface area (Å²) in [5, 5.41) is 17.6. The van der Waals surface area contributed by atoms with E-state index in [1.54, 1.807) is 12.1 Å². The highest BCUT2D eigenvalue weighted by Crippen LogP contribution is 2.24. The van der Waals surface area contributed by atoms with Gasteiger partial charge < -0.3 is 4.74 Å². The predicted molar refractivity (Wildman–Crippen MR) is 102 cm³/mol. The van der Waals surface area contributed by atoms with Crippen LogP contribution in [0, 0.1) is 22.9 Å². The second-order valence-corrected chi connectivity index (χ2v) is 6.42. The van der Waals surface area contributed by atoms with Gasteiger partial charge in [0.15, 0.2) is 0 Å². The first-order valence-corrected chi connectivity index (χ1v) is 8.76. The number of aromatic nitrogens is 1. The normalized spacial score (nSPS) is 10.9. The number of non-ortho nitro benzene ring substituents is 1. The van der Waals surface area contributed by atoms with E-state index in [4.69, 9.17) is 4.74 Å². The number of benzene rings is 2. The number of ether oxygens (including phenoxy) is 1. The summed E-state index contributed by atoms with van der Waals surface area (Å²) >= 11 is 1.39. The van der Waals surface area contributed by atoms with Crippen molar-refractivity contribution in [2.75, 3.05) is 5.43 Å². The van der Waals surface area contributed by atoms with E-state index in [0.29, 0.717) is 22.0 Å². The van der Waals surface area contributed by atoms with Gasteiger partial charge in [0.1, 0.15) is 18.2 Å². The van der Waals surface area contributed by atoms with Gasteiger partial charge >= 0.3 is 0 Å². The number of halogens is 1. The van der Waals surface area contributed by atoms with E-state index in [9.17, 15) is 14.5 Å². The van der Waals surface area contributed by atoms with Crippen LogP contribution >= 0.6 is 11.3 Å². The van der Waals surface area contributed by atoms with Crippen LogP contribution in [0.4, 0.5) is 15.2 Å². The Labute approximate surface area is 158 Å². The number of hydrogen-bond donors (Lipinski definition) is 1. The number of aryl methyl sites for hydroxylation is 1. The molecule has 0 saturated carbocycles. The fraction of sp³-hybridized carbons (Fsp3) is 0.111. The van der Waals surface area contributed by atoms with Crippen LogP contribution in [0.15, 0.2) is 52.9 Å². The maximum absolute atomic E-state index is 13.3. The smallest absolute Gasteiger partial charge is 0.270 e. The van der Waals surface area contributed by atoms with E-state index in [2.05, 4.69) is 15.5 Å². The molecule has 0 atom stereocenters. The maximum atomic E-state index is 13.3. The van der Waals surface area contributed by atoms with E-state index in [-0.39, 0.29) is 18.1 Å². The van der Waals surface area contributed by atoms with Gasteiger partial charge in [-0.05, 0) is 30.7 Å². The minimum absolute atomic E-state index is 0.0837. The van der Waals surface area contributed by atoms with Gasteiger partial charge in [0, 0.05) is 23.1 Å². The van der Waals surface area contributed by atoms with Gasteiger partial charge in [0.25, 0.3) is 5.69 Å². The lowest BCUT2D eigenvalue weighted by atomic mass is 10.2. The number of nitrogens with zero attached hydrogens (tertiary/aromatic N) is 3. The summed E-state index contributed by atoms with van der Waals surface area (Å²) in [6.07, 6.45) is 1.42. The van der Waals surface area contributed by atoms with Crippen molar-refractivity contribution in [1.82, 2.24) is 4.98 Å². The molecule has 7 nitrogen and oxygen atoms in total. The zero-order valence-corrected chi connectivity index (χ0v) is 15.1. The Hall–Kier alpha value is -3.33. The summed E-state index contributed by atoms with van der Waals surface area (Å²) < 4.78 is 19.0. The predicted octanol–water partition coefficient (Wildman–Crippen LogP) is 4.52. The number of nitro groups is 1. The molecule has 1 N–H and O–H groups in total. The molecule has 0 amide bonds. The zero-order chi connectivity index (χ0) is 19.2. The van der Waals surface area contributed by atoms with E-state index < -0.39 is 4.92 Å². The van der Waals surface area contributed by atoms with E-state index >= 15 is 0 Å². The topological polar surface area (TPSA) is 89.7 Å². The van der Waals surface area contributed by atoms with Crippen LogP contribution in [0.3, 0.4) is 0 Å². The second-order valence-electron chi connectivity index (χ2n) is 5.56. The number of rotatable bonds is 7. The molecule has 9 heteroatoms. The fourth-order valence-corrected chi connectivity index (χ4v) is 2.87. The van der Waals surface area contributed by atoms with Crippen molar-refractivity contribution >= 4 is 28.4 Å². The second kappa shape index (κ2) is 8.37. The van der Waals surface area contributed by atoms with Gasteiger partial charge in [0.2, 0.25) is 5.13 Å². The van der Waals surface area contributed by atoms with Crippen molar-refractivity contribution in [3.05, 3.63) is 80.6 Å². The Morgan fingerprint density at radius 2 is 2.22 bits per heavy atom. The third-order valence-corrected chi connectivity index (χ3v) is 4.34. The molecule has 0 aliphatic heterocycles. The van der Waals surface area contributed by atoms with Crippen LogP contribution in [0.1, 0.15) is 16.8 Å². The lowest BCUT2D eigenvalue weighted by Crippen LogP contribution is -2.01.